The summed E-state index contributed by atoms with van der Waals surface area (Å²) in [4.78, 5) is 21.1. The maximum absolute atomic E-state index is 12.3. The Labute approximate surface area is 162 Å². The average molecular weight is 398 g/mol. The third-order valence-corrected chi connectivity index (χ3v) is 4.61. The van der Waals surface area contributed by atoms with Crippen LogP contribution in [0.25, 0.3) is 11.0 Å². The van der Waals surface area contributed by atoms with Crippen molar-refractivity contribution in [3.8, 4) is 5.88 Å². The second-order valence-corrected chi connectivity index (χ2v) is 8.18. The molecule has 8 heteroatoms. The highest BCUT2D eigenvalue weighted by Crippen LogP contribution is 2.29. The van der Waals surface area contributed by atoms with Crippen molar-refractivity contribution in [2.45, 2.75) is 45.4 Å². The van der Waals surface area contributed by atoms with E-state index in [0.29, 0.717) is 22.6 Å². The van der Waals surface area contributed by atoms with Crippen LogP contribution in [-0.2, 0) is 9.53 Å². The van der Waals surface area contributed by atoms with Gasteiger partial charge < -0.3 is 14.8 Å². The summed E-state index contributed by atoms with van der Waals surface area (Å²) in [6, 6.07) is 4.73. The molecule has 1 saturated heterocycles. The van der Waals surface area contributed by atoms with Gasteiger partial charge in [-0.3, -0.25) is 4.79 Å². The molecule has 3 atom stereocenters. The normalized spacial score (nSPS) is 23.2. The van der Waals surface area contributed by atoms with Gasteiger partial charge in [-0.2, -0.15) is 0 Å². The van der Waals surface area contributed by atoms with Crippen molar-refractivity contribution in [1.29, 1.82) is 0 Å². The molecule has 1 aliphatic rings. The number of benzene rings is 1. The predicted octanol–water partition coefficient (Wildman–Crippen LogP) is 3.63. The van der Waals surface area contributed by atoms with Crippen molar-refractivity contribution >= 4 is 40.2 Å². The lowest BCUT2D eigenvalue weighted by atomic mass is 10.0. The zero-order valence-corrected chi connectivity index (χ0v) is 16.6. The molecule has 26 heavy (non-hydrogen) atoms. The molecule has 1 aromatic carbocycles. The molecule has 0 aliphatic carbocycles. The largest absolute Gasteiger partial charge is 0.470 e. The standard InChI is InChI=1S/C18H21Cl2N3O3/c1-9-13(8-21-14(9)17(24)26-18(2,3)4)25-16-15(20)22-11-6-5-10(19)7-12(11)23-16/h5-7,9,13-14,21H,8H2,1-4H3/t9-,13+,14+/m1/s1. The summed E-state index contributed by atoms with van der Waals surface area (Å²) in [5.41, 5.74) is 0.694. The van der Waals surface area contributed by atoms with Gasteiger partial charge in [-0.1, -0.05) is 30.1 Å². The first-order chi connectivity index (χ1) is 12.1. The topological polar surface area (TPSA) is 73.3 Å². The number of ether oxygens (including phenoxy) is 2. The SMILES string of the molecule is C[C@@H]1[C@@H](Oc2nc3cc(Cl)ccc3nc2Cl)CN[C@@H]1C(=O)OC(C)(C)C. The van der Waals surface area contributed by atoms with Gasteiger partial charge in [0.1, 0.15) is 17.7 Å². The number of carbonyl (C=O) groups is 1. The fraction of sp³-hybridized carbons (Fsp3) is 0.500. The molecule has 0 amide bonds. The second kappa shape index (κ2) is 7.18. The number of rotatable bonds is 3. The molecule has 140 valence electrons. The molecule has 0 bridgehead atoms. The fourth-order valence-electron chi connectivity index (χ4n) is 2.85. The van der Waals surface area contributed by atoms with E-state index < -0.39 is 11.6 Å². The van der Waals surface area contributed by atoms with Gasteiger partial charge in [0.2, 0.25) is 0 Å². The zero-order chi connectivity index (χ0) is 19.1. The fourth-order valence-corrected chi connectivity index (χ4v) is 3.19. The first kappa shape index (κ1) is 19.1. The number of carbonyl (C=O) groups excluding carboxylic acids is 1. The number of halogens is 2. The van der Waals surface area contributed by atoms with Crippen LogP contribution in [0.5, 0.6) is 5.88 Å². The summed E-state index contributed by atoms with van der Waals surface area (Å²) >= 11 is 12.2. The Morgan fingerprint density at radius 1 is 1.23 bits per heavy atom. The highest BCUT2D eigenvalue weighted by Gasteiger charge is 2.41. The Balaban J connectivity index is 1.76. The van der Waals surface area contributed by atoms with Crippen molar-refractivity contribution in [1.82, 2.24) is 15.3 Å². The lowest BCUT2D eigenvalue weighted by Crippen LogP contribution is -2.40. The van der Waals surface area contributed by atoms with E-state index in [0.717, 1.165) is 0 Å². The van der Waals surface area contributed by atoms with Gasteiger partial charge in [0.25, 0.3) is 5.88 Å². The van der Waals surface area contributed by atoms with Crippen LogP contribution in [0.1, 0.15) is 27.7 Å². The van der Waals surface area contributed by atoms with Gasteiger partial charge in [-0.15, -0.1) is 0 Å². The lowest BCUT2D eigenvalue weighted by Gasteiger charge is -2.24. The molecular weight excluding hydrogens is 377 g/mol. The molecule has 1 aliphatic heterocycles. The van der Waals surface area contributed by atoms with Crippen molar-refractivity contribution in [2.24, 2.45) is 5.92 Å². The number of nitrogens with one attached hydrogen (secondary N) is 1. The Kier molecular flexibility index (Phi) is 5.28. The molecule has 3 rings (SSSR count). The Bertz CT molecular complexity index is 838. The molecule has 6 nitrogen and oxygen atoms in total. The molecule has 1 aromatic heterocycles. The molecular formula is C18H21Cl2N3O3. The quantitative estimate of drug-likeness (QED) is 0.796. The maximum Gasteiger partial charge on any atom is 0.324 e. The smallest absolute Gasteiger partial charge is 0.324 e. The third kappa shape index (κ3) is 4.19. The summed E-state index contributed by atoms with van der Waals surface area (Å²) in [6.45, 7) is 7.94. The highest BCUT2D eigenvalue weighted by molar-refractivity contribution is 6.32. The Morgan fingerprint density at radius 2 is 1.96 bits per heavy atom. The number of nitrogens with zero attached hydrogens (tertiary/aromatic N) is 2. The first-order valence-corrected chi connectivity index (χ1v) is 9.15. The summed E-state index contributed by atoms with van der Waals surface area (Å²) < 4.78 is 11.4. The van der Waals surface area contributed by atoms with Crippen molar-refractivity contribution in [3.05, 3.63) is 28.4 Å². The van der Waals surface area contributed by atoms with E-state index in [2.05, 4.69) is 15.3 Å². The average Bonchev–Trinajstić information content (AvgIpc) is 2.88. The van der Waals surface area contributed by atoms with Gasteiger partial charge in [-0.05, 0) is 39.0 Å². The van der Waals surface area contributed by atoms with E-state index in [1.165, 1.54) is 0 Å². The first-order valence-electron chi connectivity index (χ1n) is 8.40. The predicted molar refractivity (Wildman–Crippen MR) is 101 cm³/mol. The van der Waals surface area contributed by atoms with Gasteiger partial charge >= 0.3 is 5.97 Å². The number of esters is 1. The monoisotopic (exact) mass is 397 g/mol. The second-order valence-electron chi connectivity index (χ2n) is 7.39. The van der Waals surface area contributed by atoms with E-state index in [9.17, 15) is 4.79 Å². The molecule has 2 heterocycles. The molecule has 0 unspecified atom stereocenters. The van der Waals surface area contributed by atoms with E-state index in [-0.39, 0.29) is 29.0 Å². The third-order valence-electron chi connectivity index (χ3n) is 4.13. The molecule has 2 aromatic rings. The number of aromatic nitrogens is 2. The van der Waals surface area contributed by atoms with E-state index in [1.54, 1.807) is 18.2 Å². The van der Waals surface area contributed by atoms with Crippen LogP contribution in [0.3, 0.4) is 0 Å². The van der Waals surface area contributed by atoms with Crippen LogP contribution < -0.4 is 10.1 Å². The van der Waals surface area contributed by atoms with Crippen molar-refractivity contribution < 1.29 is 14.3 Å². The van der Waals surface area contributed by atoms with E-state index in [4.69, 9.17) is 32.7 Å². The Hall–Kier alpha value is -1.63. The molecule has 1 fully saturated rings. The molecule has 0 radical (unpaired) electrons. The summed E-state index contributed by atoms with van der Waals surface area (Å²) in [7, 11) is 0. The van der Waals surface area contributed by atoms with Crippen LogP contribution in [0, 0.1) is 5.92 Å². The maximum atomic E-state index is 12.3. The zero-order valence-electron chi connectivity index (χ0n) is 15.0. The minimum Gasteiger partial charge on any atom is -0.470 e. The molecule has 1 N–H and O–H groups in total. The summed E-state index contributed by atoms with van der Waals surface area (Å²) in [5, 5.41) is 3.88. The highest BCUT2D eigenvalue weighted by atomic mass is 35.5. The van der Waals surface area contributed by atoms with Crippen LogP contribution >= 0.6 is 23.2 Å². The van der Waals surface area contributed by atoms with Gasteiger partial charge in [-0.25, -0.2) is 9.97 Å². The number of fused-ring (bicyclic) bond motifs is 1. The number of hydrogen-bond donors (Lipinski definition) is 1. The summed E-state index contributed by atoms with van der Waals surface area (Å²) in [6.07, 6.45) is -0.282. The van der Waals surface area contributed by atoms with Crippen molar-refractivity contribution in [3.63, 3.8) is 0 Å². The minimum absolute atomic E-state index is 0.113. The van der Waals surface area contributed by atoms with Crippen molar-refractivity contribution in [2.75, 3.05) is 6.54 Å². The van der Waals surface area contributed by atoms with Crippen LogP contribution in [0.15, 0.2) is 18.2 Å². The lowest BCUT2D eigenvalue weighted by molar-refractivity contribution is -0.158. The summed E-state index contributed by atoms with van der Waals surface area (Å²) in [5.74, 6) is -0.179. The van der Waals surface area contributed by atoms with Gasteiger partial charge in [0.05, 0.1) is 11.0 Å². The van der Waals surface area contributed by atoms with Crippen LogP contribution in [-0.4, -0.2) is 40.2 Å². The van der Waals surface area contributed by atoms with Gasteiger partial charge in [0, 0.05) is 17.5 Å². The van der Waals surface area contributed by atoms with Crippen LogP contribution in [0.2, 0.25) is 10.2 Å². The number of hydrogen-bond acceptors (Lipinski definition) is 6. The molecule has 0 spiro atoms. The van der Waals surface area contributed by atoms with Crippen LogP contribution in [0.4, 0.5) is 0 Å². The van der Waals surface area contributed by atoms with Gasteiger partial charge in [0.15, 0.2) is 5.15 Å². The molecule has 0 saturated carbocycles. The van der Waals surface area contributed by atoms with E-state index in [1.807, 2.05) is 27.7 Å². The van der Waals surface area contributed by atoms with E-state index >= 15 is 0 Å². The Morgan fingerprint density at radius 3 is 2.65 bits per heavy atom. The minimum atomic E-state index is -0.538.